The van der Waals surface area contributed by atoms with E-state index in [0.29, 0.717) is 13.1 Å². The summed E-state index contributed by atoms with van der Waals surface area (Å²) in [7, 11) is 0. The number of hydrogen-bond donors (Lipinski definition) is 3. The molecule has 4 nitrogen and oxygen atoms in total. The average molecular weight is 274 g/mol. The van der Waals surface area contributed by atoms with E-state index in [4.69, 9.17) is 0 Å². The van der Waals surface area contributed by atoms with Crippen molar-refractivity contribution >= 4 is 11.6 Å². The van der Waals surface area contributed by atoms with E-state index in [2.05, 4.69) is 10.6 Å². The van der Waals surface area contributed by atoms with Crippen LogP contribution < -0.4 is 10.6 Å². The van der Waals surface area contributed by atoms with Gasteiger partial charge in [-0.1, -0.05) is 37.5 Å². The van der Waals surface area contributed by atoms with Gasteiger partial charge in [-0.2, -0.15) is 0 Å². The summed E-state index contributed by atoms with van der Waals surface area (Å²) in [4.78, 5) is 12.3. The maximum Gasteiger partial charge on any atom is 0.229 e. The van der Waals surface area contributed by atoms with Crippen LogP contribution in [0.15, 0.2) is 24.3 Å². The molecule has 1 heterocycles. The van der Waals surface area contributed by atoms with Crippen LogP contribution in [0, 0.1) is 0 Å². The first-order valence-corrected chi connectivity index (χ1v) is 7.51. The lowest BCUT2D eigenvalue weighted by Gasteiger charge is -2.32. The number of fused-ring (bicyclic) bond motifs is 1. The van der Waals surface area contributed by atoms with Gasteiger partial charge < -0.3 is 15.7 Å². The number of rotatable bonds is 3. The van der Waals surface area contributed by atoms with E-state index >= 15 is 0 Å². The Kier molecular flexibility index (Phi) is 3.66. The molecule has 0 radical (unpaired) electrons. The molecule has 1 amide bonds. The second-order valence-electron chi connectivity index (χ2n) is 6.02. The topological polar surface area (TPSA) is 61.4 Å². The van der Waals surface area contributed by atoms with Crippen LogP contribution in [0.4, 0.5) is 5.69 Å². The normalized spacial score (nSPS) is 23.8. The van der Waals surface area contributed by atoms with Crippen molar-refractivity contribution in [2.75, 3.05) is 18.4 Å². The van der Waals surface area contributed by atoms with Crippen LogP contribution in [0.5, 0.6) is 0 Å². The molecule has 1 aromatic carbocycles. The summed E-state index contributed by atoms with van der Waals surface area (Å²) >= 11 is 0. The Hall–Kier alpha value is -1.55. The molecule has 3 rings (SSSR count). The fraction of sp³-hybridized carbons (Fsp3) is 0.562. The first-order chi connectivity index (χ1) is 9.68. The van der Waals surface area contributed by atoms with E-state index in [9.17, 15) is 9.90 Å². The third-order valence-corrected chi connectivity index (χ3v) is 4.53. The van der Waals surface area contributed by atoms with Crippen molar-refractivity contribution in [3.8, 4) is 0 Å². The third-order valence-electron chi connectivity index (χ3n) is 4.53. The van der Waals surface area contributed by atoms with Crippen LogP contribution in [0.2, 0.25) is 0 Å². The van der Waals surface area contributed by atoms with Crippen molar-refractivity contribution in [3.63, 3.8) is 0 Å². The zero-order chi connectivity index (χ0) is 14.0. The maximum absolute atomic E-state index is 12.3. The van der Waals surface area contributed by atoms with Crippen molar-refractivity contribution in [3.05, 3.63) is 29.8 Å². The second kappa shape index (κ2) is 5.44. The first kappa shape index (κ1) is 13.4. The molecule has 1 unspecified atom stereocenters. The van der Waals surface area contributed by atoms with E-state index in [-0.39, 0.29) is 11.8 Å². The molecule has 1 fully saturated rings. The van der Waals surface area contributed by atoms with Crippen LogP contribution in [-0.2, 0) is 4.79 Å². The van der Waals surface area contributed by atoms with Crippen LogP contribution in [0.1, 0.15) is 43.6 Å². The second-order valence-corrected chi connectivity index (χ2v) is 6.02. The molecule has 20 heavy (non-hydrogen) atoms. The van der Waals surface area contributed by atoms with Gasteiger partial charge in [0.25, 0.3) is 0 Å². The van der Waals surface area contributed by atoms with E-state index in [1.807, 2.05) is 24.3 Å². The fourth-order valence-corrected chi connectivity index (χ4v) is 3.28. The largest absolute Gasteiger partial charge is 0.388 e. The van der Waals surface area contributed by atoms with Crippen LogP contribution in [0.3, 0.4) is 0 Å². The molecule has 1 saturated carbocycles. The monoisotopic (exact) mass is 274 g/mol. The Balaban J connectivity index is 1.60. The zero-order valence-corrected chi connectivity index (χ0v) is 11.7. The SMILES string of the molecule is O=C(NCC1(O)CCCCC1)C1CNc2ccccc21. The van der Waals surface area contributed by atoms with Gasteiger partial charge in [0, 0.05) is 18.8 Å². The lowest BCUT2D eigenvalue weighted by atomic mass is 9.84. The van der Waals surface area contributed by atoms with Gasteiger partial charge in [0.2, 0.25) is 5.91 Å². The van der Waals surface area contributed by atoms with Crippen molar-refractivity contribution in [2.24, 2.45) is 0 Å². The molecular formula is C16H22N2O2. The Labute approximate surface area is 119 Å². The molecule has 1 aliphatic carbocycles. The van der Waals surface area contributed by atoms with E-state index in [0.717, 1.165) is 36.9 Å². The molecule has 1 atom stereocenters. The Morgan fingerprint density at radius 3 is 2.85 bits per heavy atom. The Bertz CT molecular complexity index is 495. The molecule has 0 saturated heterocycles. The molecule has 108 valence electrons. The number of hydrogen-bond acceptors (Lipinski definition) is 3. The number of anilines is 1. The standard InChI is InChI=1S/C16H22N2O2/c19-15(18-11-16(20)8-4-1-5-9-16)13-10-17-14-7-3-2-6-12(13)14/h2-3,6-7,13,17,20H,1,4-5,8-11H2,(H,18,19). The lowest BCUT2D eigenvalue weighted by molar-refractivity contribution is -0.123. The van der Waals surface area contributed by atoms with E-state index in [1.165, 1.54) is 6.42 Å². The summed E-state index contributed by atoms with van der Waals surface area (Å²) in [6.45, 7) is 1.02. The quantitative estimate of drug-likeness (QED) is 0.790. The highest BCUT2D eigenvalue weighted by Crippen LogP contribution is 2.31. The van der Waals surface area contributed by atoms with E-state index < -0.39 is 5.60 Å². The summed E-state index contributed by atoms with van der Waals surface area (Å²) in [6.07, 6.45) is 4.90. The summed E-state index contributed by atoms with van der Waals surface area (Å²) in [5, 5.41) is 16.6. The fourth-order valence-electron chi connectivity index (χ4n) is 3.28. The van der Waals surface area contributed by atoms with Crippen molar-refractivity contribution < 1.29 is 9.90 Å². The molecule has 0 spiro atoms. The van der Waals surface area contributed by atoms with Crippen LogP contribution >= 0.6 is 0 Å². The maximum atomic E-state index is 12.3. The average Bonchev–Trinajstić information content (AvgIpc) is 2.90. The van der Waals surface area contributed by atoms with Crippen molar-refractivity contribution in [2.45, 2.75) is 43.6 Å². The highest BCUT2D eigenvalue weighted by atomic mass is 16.3. The number of carbonyl (C=O) groups excluding carboxylic acids is 1. The van der Waals surface area contributed by atoms with Gasteiger partial charge in [-0.15, -0.1) is 0 Å². The predicted molar refractivity (Wildman–Crippen MR) is 78.7 cm³/mol. The number of benzene rings is 1. The Morgan fingerprint density at radius 2 is 2.05 bits per heavy atom. The summed E-state index contributed by atoms with van der Waals surface area (Å²) in [6, 6.07) is 7.92. The number of carbonyl (C=O) groups is 1. The molecular weight excluding hydrogens is 252 g/mol. The Morgan fingerprint density at radius 1 is 1.30 bits per heavy atom. The number of nitrogens with one attached hydrogen (secondary N) is 2. The molecule has 2 aliphatic rings. The predicted octanol–water partition coefficient (Wildman–Crippen LogP) is 2.01. The minimum Gasteiger partial charge on any atom is -0.388 e. The van der Waals surface area contributed by atoms with Gasteiger partial charge in [-0.05, 0) is 24.5 Å². The third kappa shape index (κ3) is 2.66. The van der Waals surface area contributed by atoms with Crippen molar-refractivity contribution in [1.29, 1.82) is 0 Å². The van der Waals surface area contributed by atoms with Gasteiger partial charge >= 0.3 is 0 Å². The molecule has 0 bridgehead atoms. The van der Waals surface area contributed by atoms with Crippen LogP contribution in [-0.4, -0.2) is 29.7 Å². The number of aliphatic hydroxyl groups is 1. The molecule has 1 aromatic rings. The summed E-state index contributed by atoms with van der Waals surface area (Å²) < 4.78 is 0. The van der Waals surface area contributed by atoms with Gasteiger partial charge in [0.05, 0.1) is 11.5 Å². The van der Waals surface area contributed by atoms with Gasteiger partial charge in [-0.3, -0.25) is 4.79 Å². The minimum absolute atomic E-state index is 0.0152. The van der Waals surface area contributed by atoms with Gasteiger partial charge in [0.1, 0.15) is 0 Å². The molecule has 3 N–H and O–H groups in total. The lowest BCUT2D eigenvalue weighted by Crippen LogP contribution is -2.45. The van der Waals surface area contributed by atoms with Gasteiger partial charge in [0.15, 0.2) is 0 Å². The highest BCUT2D eigenvalue weighted by Gasteiger charge is 2.32. The minimum atomic E-state index is -0.695. The smallest absolute Gasteiger partial charge is 0.229 e. The van der Waals surface area contributed by atoms with Crippen LogP contribution in [0.25, 0.3) is 0 Å². The zero-order valence-electron chi connectivity index (χ0n) is 11.7. The van der Waals surface area contributed by atoms with Crippen molar-refractivity contribution in [1.82, 2.24) is 5.32 Å². The number of amides is 1. The molecule has 0 aromatic heterocycles. The highest BCUT2D eigenvalue weighted by molar-refractivity contribution is 5.88. The first-order valence-electron chi connectivity index (χ1n) is 7.51. The summed E-state index contributed by atoms with van der Waals surface area (Å²) in [5.41, 5.74) is 1.41. The molecule has 4 heteroatoms. The molecule has 1 aliphatic heterocycles. The number of para-hydroxylation sites is 1. The van der Waals surface area contributed by atoms with Gasteiger partial charge in [-0.25, -0.2) is 0 Å². The van der Waals surface area contributed by atoms with E-state index in [1.54, 1.807) is 0 Å². The summed E-state index contributed by atoms with van der Waals surface area (Å²) in [5.74, 6) is -0.125.